The molecule has 3 rings (SSSR count). The van der Waals surface area contributed by atoms with Gasteiger partial charge in [-0.3, -0.25) is 4.68 Å². The van der Waals surface area contributed by atoms with Gasteiger partial charge >= 0.3 is 0 Å². The number of rotatable bonds is 1. The van der Waals surface area contributed by atoms with E-state index in [-0.39, 0.29) is 0 Å². The smallest absolute Gasteiger partial charge is 0.141 e. The Morgan fingerprint density at radius 3 is 2.86 bits per heavy atom. The maximum Gasteiger partial charge on any atom is 0.141 e. The molecule has 3 nitrogen and oxygen atoms in total. The summed E-state index contributed by atoms with van der Waals surface area (Å²) in [5.41, 5.74) is 0.984. The number of aromatic nitrogens is 3. The molecule has 14 heavy (non-hydrogen) atoms. The third kappa shape index (κ3) is 1.20. The largest absolute Gasteiger partial charge is 0.262 e. The minimum absolute atomic E-state index is 0.421. The first-order valence-corrected chi connectivity index (χ1v) is 5.20. The summed E-state index contributed by atoms with van der Waals surface area (Å²) in [7, 11) is 0. The van der Waals surface area contributed by atoms with E-state index in [1.54, 1.807) is 6.20 Å². The fourth-order valence-corrected chi connectivity index (χ4v) is 2.05. The molecule has 5 heteroatoms. The minimum atomic E-state index is 0.421. The molecule has 0 unspecified atom stereocenters. The van der Waals surface area contributed by atoms with E-state index in [1.165, 1.54) is 12.8 Å². The van der Waals surface area contributed by atoms with Crippen molar-refractivity contribution in [3.63, 3.8) is 0 Å². The van der Waals surface area contributed by atoms with E-state index < -0.39 is 0 Å². The molecule has 1 aliphatic rings. The van der Waals surface area contributed by atoms with E-state index in [1.807, 2.05) is 10.7 Å². The number of hydrogen-bond acceptors (Lipinski definition) is 2. The van der Waals surface area contributed by atoms with Gasteiger partial charge in [0.1, 0.15) is 10.3 Å². The van der Waals surface area contributed by atoms with E-state index in [2.05, 4.69) is 10.1 Å². The third-order valence-corrected chi connectivity index (χ3v) is 2.89. The van der Waals surface area contributed by atoms with Crippen molar-refractivity contribution in [2.24, 2.45) is 0 Å². The van der Waals surface area contributed by atoms with Crippen LogP contribution < -0.4 is 0 Å². The first-order chi connectivity index (χ1) is 6.75. The fourth-order valence-electron chi connectivity index (χ4n) is 1.58. The van der Waals surface area contributed by atoms with Crippen molar-refractivity contribution < 1.29 is 0 Å². The van der Waals surface area contributed by atoms with Gasteiger partial charge in [-0.2, -0.15) is 5.10 Å². The van der Waals surface area contributed by atoms with Gasteiger partial charge < -0.3 is 0 Å². The van der Waals surface area contributed by atoms with Crippen molar-refractivity contribution in [3.8, 4) is 0 Å². The first-order valence-electron chi connectivity index (χ1n) is 4.45. The van der Waals surface area contributed by atoms with Crippen LogP contribution >= 0.6 is 23.2 Å². The van der Waals surface area contributed by atoms with Crippen molar-refractivity contribution in [1.29, 1.82) is 0 Å². The monoisotopic (exact) mass is 227 g/mol. The first kappa shape index (κ1) is 8.50. The molecule has 1 fully saturated rings. The van der Waals surface area contributed by atoms with Crippen molar-refractivity contribution in [3.05, 3.63) is 22.6 Å². The Morgan fingerprint density at radius 2 is 2.14 bits per heavy atom. The topological polar surface area (TPSA) is 30.7 Å². The summed E-state index contributed by atoms with van der Waals surface area (Å²) >= 11 is 11.8. The second kappa shape index (κ2) is 2.84. The van der Waals surface area contributed by atoms with Crippen LogP contribution in [0.25, 0.3) is 10.9 Å². The van der Waals surface area contributed by atoms with Crippen LogP contribution in [0.15, 0.2) is 12.3 Å². The molecular weight excluding hydrogens is 221 g/mol. The van der Waals surface area contributed by atoms with E-state index in [0.717, 1.165) is 10.9 Å². The van der Waals surface area contributed by atoms with Crippen LogP contribution in [0.3, 0.4) is 0 Å². The van der Waals surface area contributed by atoms with Crippen molar-refractivity contribution in [2.45, 2.75) is 18.9 Å². The van der Waals surface area contributed by atoms with Crippen LogP contribution in [-0.2, 0) is 0 Å². The Morgan fingerprint density at radius 1 is 1.36 bits per heavy atom. The zero-order valence-corrected chi connectivity index (χ0v) is 8.76. The second-order valence-electron chi connectivity index (χ2n) is 3.49. The van der Waals surface area contributed by atoms with Crippen molar-refractivity contribution in [2.75, 3.05) is 0 Å². The molecule has 1 saturated carbocycles. The summed E-state index contributed by atoms with van der Waals surface area (Å²) in [5.74, 6) is 0. The van der Waals surface area contributed by atoms with E-state index in [0.29, 0.717) is 16.3 Å². The van der Waals surface area contributed by atoms with Crippen LogP contribution in [-0.4, -0.2) is 14.8 Å². The highest BCUT2D eigenvalue weighted by atomic mass is 35.5. The van der Waals surface area contributed by atoms with Gasteiger partial charge in [0.25, 0.3) is 0 Å². The van der Waals surface area contributed by atoms with Crippen molar-refractivity contribution in [1.82, 2.24) is 14.8 Å². The SMILES string of the molecule is Clc1cc2c(cnn2C2CC2)c(Cl)n1. The molecule has 0 radical (unpaired) electrons. The highest BCUT2D eigenvalue weighted by Gasteiger charge is 2.26. The number of halogens is 2. The molecular formula is C9H7Cl2N3. The van der Waals surface area contributed by atoms with Crippen LogP contribution in [0.1, 0.15) is 18.9 Å². The Labute approximate surface area is 90.6 Å². The quantitative estimate of drug-likeness (QED) is 0.702. The summed E-state index contributed by atoms with van der Waals surface area (Å²) < 4.78 is 1.98. The summed E-state index contributed by atoms with van der Waals surface area (Å²) in [6.07, 6.45) is 4.13. The van der Waals surface area contributed by atoms with E-state index in [9.17, 15) is 0 Å². The third-order valence-electron chi connectivity index (χ3n) is 2.41. The summed E-state index contributed by atoms with van der Waals surface area (Å²) in [6.45, 7) is 0. The molecule has 0 aliphatic heterocycles. The number of hydrogen-bond donors (Lipinski definition) is 0. The lowest BCUT2D eigenvalue weighted by Crippen LogP contribution is -1.95. The standard InChI is InChI=1S/C9H7Cl2N3/c10-8-3-7-6(9(11)13-8)4-12-14(7)5-1-2-5/h3-5H,1-2H2. The number of fused-ring (bicyclic) bond motifs is 1. The lowest BCUT2D eigenvalue weighted by atomic mass is 10.3. The van der Waals surface area contributed by atoms with Gasteiger partial charge in [0.2, 0.25) is 0 Å². The molecule has 72 valence electrons. The molecule has 0 N–H and O–H groups in total. The van der Waals surface area contributed by atoms with Crippen LogP contribution in [0.4, 0.5) is 0 Å². The molecule has 2 aromatic rings. The molecule has 1 aliphatic carbocycles. The van der Waals surface area contributed by atoms with Crippen LogP contribution in [0.5, 0.6) is 0 Å². The summed E-state index contributed by atoms with van der Waals surface area (Å²) in [4.78, 5) is 3.97. The number of pyridine rings is 1. The Balaban J connectivity index is 2.33. The summed E-state index contributed by atoms with van der Waals surface area (Å²) in [5, 5.41) is 6.02. The van der Waals surface area contributed by atoms with Gasteiger partial charge in [-0.15, -0.1) is 0 Å². The zero-order valence-electron chi connectivity index (χ0n) is 7.24. The minimum Gasteiger partial charge on any atom is -0.262 e. The predicted molar refractivity (Wildman–Crippen MR) is 55.8 cm³/mol. The maximum atomic E-state index is 5.95. The van der Waals surface area contributed by atoms with E-state index in [4.69, 9.17) is 23.2 Å². The molecule has 0 atom stereocenters. The van der Waals surface area contributed by atoms with Gasteiger partial charge in [-0.05, 0) is 12.8 Å². The fraction of sp³-hybridized carbons (Fsp3) is 0.333. The van der Waals surface area contributed by atoms with Crippen LogP contribution in [0.2, 0.25) is 10.3 Å². The molecule has 2 aromatic heterocycles. The van der Waals surface area contributed by atoms with Gasteiger partial charge in [0, 0.05) is 6.07 Å². The van der Waals surface area contributed by atoms with Gasteiger partial charge in [-0.1, -0.05) is 23.2 Å². The molecule has 2 heterocycles. The average molecular weight is 228 g/mol. The average Bonchev–Trinajstić information content (AvgIpc) is 2.87. The molecule has 0 aromatic carbocycles. The number of nitrogens with zero attached hydrogens (tertiary/aromatic N) is 3. The predicted octanol–water partition coefficient (Wildman–Crippen LogP) is 3.07. The lowest BCUT2D eigenvalue weighted by Gasteiger charge is -2.00. The normalized spacial score (nSPS) is 16.4. The molecule has 0 spiro atoms. The zero-order chi connectivity index (χ0) is 9.71. The van der Waals surface area contributed by atoms with E-state index >= 15 is 0 Å². The second-order valence-corrected chi connectivity index (χ2v) is 4.23. The molecule has 0 amide bonds. The van der Waals surface area contributed by atoms with Crippen LogP contribution in [0, 0.1) is 0 Å². The van der Waals surface area contributed by atoms with Gasteiger partial charge in [0.05, 0.1) is 23.1 Å². The van der Waals surface area contributed by atoms with Crippen molar-refractivity contribution >= 4 is 34.1 Å². The maximum absolute atomic E-state index is 5.95. The Bertz CT molecular complexity index is 502. The highest BCUT2D eigenvalue weighted by molar-refractivity contribution is 6.36. The molecule has 0 bridgehead atoms. The lowest BCUT2D eigenvalue weighted by molar-refractivity contribution is 0.665. The Kier molecular flexibility index (Phi) is 1.73. The summed E-state index contributed by atoms with van der Waals surface area (Å²) in [6, 6.07) is 2.34. The van der Waals surface area contributed by atoms with Gasteiger partial charge in [-0.25, -0.2) is 4.98 Å². The molecule has 0 saturated heterocycles. The van der Waals surface area contributed by atoms with Gasteiger partial charge in [0.15, 0.2) is 0 Å². The highest BCUT2D eigenvalue weighted by Crippen LogP contribution is 2.37. The Hall–Kier alpha value is -0.800.